The van der Waals surface area contributed by atoms with Crippen molar-refractivity contribution in [3.8, 4) is 17.1 Å². The Bertz CT molecular complexity index is 1170. The molecule has 8 nitrogen and oxygen atoms in total. The van der Waals surface area contributed by atoms with Gasteiger partial charge in [-0.25, -0.2) is 9.97 Å². The van der Waals surface area contributed by atoms with Crippen LogP contribution in [0.1, 0.15) is 18.9 Å². The number of piperazine rings is 1. The van der Waals surface area contributed by atoms with Crippen molar-refractivity contribution in [1.82, 2.24) is 14.9 Å². The SMILES string of the molecule is CC(=O)CC(O)C(=O)N1CCN(c2nc(-c3ccccc3O)nc3cc(C)ccc23)CC1. The number of rotatable bonds is 5. The number of phenols is 1. The lowest BCUT2D eigenvalue weighted by Crippen LogP contribution is -2.52. The van der Waals surface area contributed by atoms with Crippen molar-refractivity contribution in [2.24, 2.45) is 0 Å². The highest BCUT2D eigenvalue weighted by Crippen LogP contribution is 2.32. The van der Waals surface area contributed by atoms with Crippen LogP contribution in [0.4, 0.5) is 5.82 Å². The van der Waals surface area contributed by atoms with Crippen molar-refractivity contribution in [2.75, 3.05) is 31.1 Å². The molecule has 0 spiro atoms. The van der Waals surface area contributed by atoms with E-state index in [1.54, 1.807) is 23.1 Å². The Hall–Kier alpha value is -3.52. The van der Waals surface area contributed by atoms with E-state index in [9.17, 15) is 19.8 Å². The number of aliphatic hydroxyl groups excluding tert-OH is 1. The van der Waals surface area contributed by atoms with E-state index in [2.05, 4.69) is 9.88 Å². The van der Waals surface area contributed by atoms with E-state index in [0.29, 0.717) is 37.6 Å². The van der Waals surface area contributed by atoms with Gasteiger partial charge in [0.15, 0.2) is 5.82 Å². The number of nitrogens with zero attached hydrogens (tertiary/aromatic N) is 4. The van der Waals surface area contributed by atoms with Gasteiger partial charge < -0.3 is 20.0 Å². The van der Waals surface area contributed by atoms with Crippen molar-refractivity contribution in [1.29, 1.82) is 0 Å². The molecular formula is C24H26N4O4. The third-order valence-corrected chi connectivity index (χ3v) is 5.63. The van der Waals surface area contributed by atoms with Gasteiger partial charge in [0.1, 0.15) is 23.5 Å². The van der Waals surface area contributed by atoms with E-state index >= 15 is 0 Å². The van der Waals surface area contributed by atoms with E-state index in [1.807, 2.05) is 31.2 Å². The summed E-state index contributed by atoms with van der Waals surface area (Å²) < 4.78 is 0. The molecule has 2 aromatic carbocycles. The number of ketones is 1. The molecule has 0 saturated carbocycles. The number of aliphatic hydroxyl groups is 1. The van der Waals surface area contributed by atoms with Gasteiger partial charge in [0.2, 0.25) is 0 Å². The van der Waals surface area contributed by atoms with Crippen LogP contribution in [0.15, 0.2) is 42.5 Å². The molecule has 1 saturated heterocycles. The number of aromatic nitrogens is 2. The van der Waals surface area contributed by atoms with Crippen molar-refractivity contribution in [3.63, 3.8) is 0 Å². The van der Waals surface area contributed by atoms with Gasteiger partial charge in [0, 0.05) is 38.0 Å². The predicted molar refractivity (Wildman–Crippen MR) is 121 cm³/mol. The Balaban J connectivity index is 1.64. The number of benzene rings is 2. The molecule has 1 aliphatic rings. The molecule has 0 aliphatic carbocycles. The van der Waals surface area contributed by atoms with Gasteiger partial charge in [-0.05, 0) is 43.7 Å². The van der Waals surface area contributed by atoms with Crippen LogP contribution in [0, 0.1) is 6.92 Å². The predicted octanol–water partition coefficient (Wildman–Crippen LogP) is 2.30. The summed E-state index contributed by atoms with van der Waals surface area (Å²) in [6, 6.07) is 13.0. The van der Waals surface area contributed by atoms with Crippen LogP contribution in [-0.4, -0.2) is 69.1 Å². The number of fused-ring (bicyclic) bond motifs is 1. The minimum atomic E-state index is -1.30. The molecule has 1 atom stereocenters. The Morgan fingerprint density at radius 1 is 1.06 bits per heavy atom. The summed E-state index contributed by atoms with van der Waals surface area (Å²) in [5, 5.41) is 21.2. The maximum absolute atomic E-state index is 12.5. The van der Waals surface area contributed by atoms with E-state index < -0.39 is 12.0 Å². The van der Waals surface area contributed by atoms with Crippen molar-refractivity contribution in [2.45, 2.75) is 26.4 Å². The highest BCUT2D eigenvalue weighted by Gasteiger charge is 2.28. The maximum atomic E-state index is 12.5. The summed E-state index contributed by atoms with van der Waals surface area (Å²) >= 11 is 0. The molecule has 1 aliphatic heterocycles. The second kappa shape index (κ2) is 8.92. The fourth-order valence-corrected chi connectivity index (χ4v) is 3.96. The summed E-state index contributed by atoms with van der Waals surface area (Å²) in [7, 11) is 0. The number of anilines is 1. The molecule has 8 heteroatoms. The van der Waals surface area contributed by atoms with E-state index in [0.717, 1.165) is 22.3 Å². The average Bonchev–Trinajstić information content (AvgIpc) is 2.77. The van der Waals surface area contributed by atoms with Gasteiger partial charge in [0.05, 0.1) is 11.1 Å². The quantitative estimate of drug-likeness (QED) is 0.635. The summed E-state index contributed by atoms with van der Waals surface area (Å²) in [6.07, 6.45) is -1.46. The Labute approximate surface area is 186 Å². The van der Waals surface area contributed by atoms with Gasteiger partial charge in [-0.3, -0.25) is 9.59 Å². The Kier molecular flexibility index (Phi) is 6.05. The monoisotopic (exact) mass is 434 g/mol. The fourth-order valence-electron chi connectivity index (χ4n) is 3.96. The summed E-state index contributed by atoms with van der Waals surface area (Å²) in [6.45, 7) is 5.24. The summed E-state index contributed by atoms with van der Waals surface area (Å²) in [4.78, 5) is 36.8. The second-order valence-electron chi connectivity index (χ2n) is 8.14. The Morgan fingerprint density at radius 3 is 2.47 bits per heavy atom. The Morgan fingerprint density at radius 2 is 1.78 bits per heavy atom. The average molecular weight is 434 g/mol. The molecule has 2 N–H and O–H groups in total. The first-order valence-corrected chi connectivity index (χ1v) is 10.6. The standard InChI is InChI=1S/C24H26N4O4/c1-15-7-8-17-19(13-15)25-22(18-5-3-4-6-20(18)30)26-23(17)27-9-11-28(12-10-27)24(32)21(31)14-16(2)29/h3-8,13,21,30-31H,9-12,14H2,1-2H3. The number of hydrogen-bond donors (Lipinski definition) is 2. The molecule has 1 amide bonds. The fraction of sp³-hybridized carbons (Fsp3) is 0.333. The number of amides is 1. The normalized spacial score (nSPS) is 15.1. The van der Waals surface area contributed by atoms with Crippen LogP contribution in [0.3, 0.4) is 0 Å². The topological polar surface area (TPSA) is 107 Å². The molecule has 1 fully saturated rings. The summed E-state index contributed by atoms with van der Waals surface area (Å²) in [5.74, 6) is 0.651. The second-order valence-corrected chi connectivity index (χ2v) is 8.14. The zero-order valence-corrected chi connectivity index (χ0v) is 18.2. The smallest absolute Gasteiger partial charge is 0.251 e. The third kappa shape index (κ3) is 4.40. The highest BCUT2D eigenvalue weighted by atomic mass is 16.3. The molecule has 3 aromatic rings. The highest BCUT2D eigenvalue weighted by molar-refractivity contribution is 5.92. The zero-order chi connectivity index (χ0) is 22.8. The lowest BCUT2D eigenvalue weighted by atomic mass is 10.1. The summed E-state index contributed by atoms with van der Waals surface area (Å²) in [5.41, 5.74) is 2.40. The number of Topliss-reactive ketones (excluding diaryl/α,β-unsaturated/α-hetero) is 1. The molecule has 0 radical (unpaired) electrons. The number of carbonyl (C=O) groups excluding carboxylic acids is 2. The molecule has 2 heterocycles. The third-order valence-electron chi connectivity index (χ3n) is 5.63. The van der Waals surface area contributed by atoms with Crippen LogP contribution in [0.25, 0.3) is 22.3 Å². The van der Waals surface area contributed by atoms with Gasteiger partial charge >= 0.3 is 0 Å². The van der Waals surface area contributed by atoms with Crippen molar-refractivity contribution >= 4 is 28.4 Å². The van der Waals surface area contributed by atoms with E-state index in [4.69, 9.17) is 4.98 Å². The maximum Gasteiger partial charge on any atom is 0.251 e. The first-order valence-electron chi connectivity index (χ1n) is 10.6. The van der Waals surface area contributed by atoms with Crippen molar-refractivity contribution in [3.05, 3.63) is 48.0 Å². The van der Waals surface area contributed by atoms with E-state index in [1.165, 1.54) is 6.92 Å². The van der Waals surface area contributed by atoms with Crippen molar-refractivity contribution < 1.29 is 19.8 Å². The van der Waals surface area contributed by atoms with Gasteiger partial charge in [0.25, 0.3) is 5.91 Å². The minimum absolute atomic E-state index is 0.111. The van der Waals surface area contributed by atoms with Crippen LogP contribution in [0.2, 0.25) is 0 Å². The number of para-hydroxylation sites is 1. The number of phenolic OH excluding ortho intramolecular Hbond substituents is 1. The number of aromatic hydroxyl groups is 1. The zero-order valence-electron chi connectivity index (χ0n) is 18.2. The molecule has 166 valence electrons. The number of carbonyl (C=O) groups is 2. The molecule has 4 rings (SSSR count). The molecule has 1 unspecified atom stereocenters. The molecule has 1 aromatic heterocycles. The van der Waals surface area contributed by atoms with Crippen LogP contribution >= 0.6 is 0 Å². The first kappa shape index (κ1) is 21.7. The van der Waals surface area contributed by atoms with Gasteiger partial charge in [-0.15, -0.1) is 0 Å². The van der Waals surface area contributed by atoms with Gasteiger partial charge in [-0.2, -0.15) is 0 Å². The van der Waals surface area contributed by atoms with Crippen LogP contribution in [-0.2, 0) is 9.59 Å². The molecular weight excluding hydrogens is 408 g/mol. The lowest BCUT2D eigenvalue weighted by Gasteiger charge is -2.36. The number of aryl methyl sites for hydroxylation is 1. The molecule has 0 bridgehead atoms. The lowest BCUT2D eigenvalue weighted by molar-refractivity contribution is -0.142. The largest absolute Gasteiger partial charge is 0.507 e. The minimum Gasteiger partial charge on any atom is -0.507 e. The van der Waals surface area contributed by atoms with E-state index in [-0.39, 0.29) is 18.0 Å². The van der Waals surface area contributed by atoms with Gasteiger partial charge in [-0.1, -0.05) is 18.2 Å². The number of hydrogen-bond acceptors (Lipinski definition) is 7. The molecule has 32 heavy (non-hydrogen) atoms. The first-order chi connectivity index (χ1) is 15.3. The van der Waals surface area contributed by atoms with Crippen LogP contribution < -0.4 is 4.90 Å². The van der Waals surface area contributed by atoms with Crippen LogP contribution in [0.5, 0.6) is 5.75 Å².